The van der Waals surface area contributed by atoms with Crippen molar-refractivity contribution < 1.29 is 4.74 Å². The van der Waals surface area contributed by atoms with Crippen LogP contribution >= 0.6 is 23.8 Å². The van der Waals surface area contributed by atoms with Gasteiger partial charge in [-0.2, -0.15) is 0 Å². The van der Waals surface area contributed by atoms with Crippen LogP contribution < -0.4 is 15.4 Å². The highest BCUT2D eigenvalue weighted by Crippen LogP contribution is 2.26. The fourth-order valence-corrected chi connectivity index (χ4v) is 1.19. The third-order valence-electron chi connectivity index (χ3n) is 1.65. The number of ether oxygens (including phenoxy) is 1. The molecule has 76 valence electrons. The van der Waals surface area contributed by atoms with Gasteiger partial charge in [0.05, 0.1) is 17.8 Å². The monoisotopic (exact) mass is 230 g/mol. The van der Waals surface area contributed by atoms with Crippen LogP contribution in [-0.2, 0) is 0 Å². The van der Waals surface area contributed by atoms with E-state index in [1.807, 2.05) is 0 Å². The van der Waals surface area contributed by atoms with Gasteiger partial charge in [0.25, 0.3) is 0 Å². The molecule has 0 fully saturated rings. The molecule has 0 radical (unpaired) electrons. The summed E-state index contributed by atoms with van der Waals surface area (Å²) in [5, 5.41) is 6.86. The van der Waals surface area contributed by atoms with Crippen LogP contribution in [0.1, 0.15) is 0 Å². The summed E-state index contributed by atoms with van der Waals surface area (Å²) in [5.41, 5.74) is 0.727. The first-order valence-electron chi connectivity index (χ1n) is 3.99. The number of hydrogen-bond acceptors (Lipinski definition) is 2. The van der Waals surface area contributed by atoms with E-state index in [1.165, 1.54) is 0 Å². The summed E-state index contributed by atoms with van der Waals surface area (Å²) in [6, 6.07) is 5.32. The quantitative estimate of drug-likeness (QED) is 0.764. The van der Waals surface area contributed by atoms with Crippen LogP contribution in [0, 0.1) is 0 Å². The zero-order valence-corrected chi connectivity index (χ0v) is 9.50. The van der Waals surface area contributed by atoms with Gasteiger partial charge in [0.1, 0.15) is 5.75 Å². The van der Waals surface area contributed by atoms with Gasteiger partial charge in [-0.05, 0) is 24.4 Å². The van der Waals surface area contributed by atoms with Crippen LogP contribution in [0.25, 0.3) is 0 Å². The lowest BCUT2D eigenvalue weighted by Crippen LogP contribution is -2.24. The number of methoxy groups -OCH3 is 1. The first-order valence-corrected chi connectivity index (χ1v) is 4.78. The fourth-order valence-electron chi connectivity index (χ4n) is 0.912. The molecule has 5 heteroatoms. The molecular formula is C9H11ClN2OS. The summed E-state index contributed by atoms with van der Waals surface area (Å²) in [5.74, 6) is 0.732. The van der Waals surface area contributed by atoms with Gasteiger partial charge < -0.3 is 15.4 Å². The van der Waals surface area contributed by atoms with Gasteiger partial charge in [-0.15, -0.1) is 0 Å². The van der Waals surface area contributed by atoms with Crippen LogP contribution in [0.2, 0.25) is 5.02 Å². The fraction of sp³-hybridized carbons (Fsp3) is 0.222. The summed E-state index contributed by atoms with van der Waals surface area (Å²) in [4.78, 5) is 0. The zero-order valence-electron chi connectivity index (χ0n) is 7.93. The van der Waals surface area contributed by atoms with E-state index in [0.29, 0.717) is 10.1 Å². The molecule has 0 saturated heterocycles. The van der Waals surface area contributed by atoms with Crippen LogP contribution in [-0.4, -0.2) is 19.3 Å². The minimum Gasteiger partial charge on any atom is -0.497 e. The number of halogens is 1. The number of hydrogen-bond donors (Lipinski definition) is 2. The maximum absolute atomic E-state index is 5.95. The summed E-state index contributed by atoms with van der Waals surface area (Å²) in [7, 11) is 3.34. The number of benzene rings is 1. The molecule has 14 heavy (non-hydrogen) atoms. The van der Waals surface area contributed by atoms with E-state index in [4.69, 9.17) is 28.6 Å². The van der Waals surface area contributed by atoms with Crippen molar-refractivity contribution in [3.63, 3.8) is 0 Å². The Bertz CT molecular complexity index is 344. The first-order chi connectivity index (χ1) is 6.67. The Hall–Kier alpha value is -1.00. The van der Waals surface area contributed by atoms with Gasteiger partial charge >= 0.3 is 0 Å². The zero-order chi connectivity index (χ0) is 10.6. The molecule has 0 aliphatic carbocycles. The third kappa shape index (κ3) is 2.75. The van der Waals surface area contributed by atoms with E-state index >= 15 is 0 Å². The molecule has 0 aliphatic heterocycles. The van der Waals surface area contributed by atoms with E-state index in [1.54, 1.807) is 32.4 Å². The van der Waals surface area contributed by atoms with Crippen LogP contribution in [0.3, 0.4) is 0 Å². The van der Waals surface area contributed by atoms with Crippen LogP contribution in [0.4, 0.5) is 5.69 Å². The van der Waals surface area contributed by atoms with Crippen molar-refractivity contribution in [2.75, 3.05) is 19.5 Å². The Labute approximate surface area is 93.4 Å². The summed E-state index contributed by atoms with van der Waals surface area (Å²) in [6.45, 7) is 0. The number of thiocarbonyl (C=S) groups is 1. The molecule has 0 saturated carbocycles. The lowest BCUT2D eigenvalue weighted by atomic mass is 10.3. The van der Waals surface area contributed by atoms with Crippen molar-refractivity contribution in [2.24, 2.45) is 0 Å². The SMILES string of the molecule is CNC(=S)Nc1cc(OC)ccc1Cl. The molecule has 0 heterocycles. The summed E-state index contributed by atoms with van der Waals surface area (Å²) >= 11 is 10.9. The second-order valence-corrected chi connectivity index (χ2v) is 3.37. The van der Waals surface area contributed by atoms with Crippen molar-refractivity contribution in [3.8, 4) is 5.75 Å². The van der Waals surface area contributed by atoms with Crippen molar-refractivity contribution in [3.05, 3.63) is 23.2 Å². The molecule has 0 amide bonds. The normalized spacial score (nSPS) is 9.36. The van der Waals surface area contributed by atoms with Gasteiger partial charge in [-0.3, -0.25) is 0 Å². The van der Waals surface area contributed by atoms with Crippen molar-refractivity contribution >= 4 is 34.6 Å². The smallest absolute Gasteiger partial charge is 0.170 e. The van der Waals surface area contributed by atoms with Gasteiger partial charge in [0.2, 0.25) is 0 Å². The first kappa shape index (κ1) is 11.1. The molecule has 0 bridgehead atoms. The highest BCUT2D eigenvalue weighted by Gasteiger charge is 2.03. The molecule has 0 atom stereocenters. The standard InChI is InChI=1S/C9H11ClN2OS/c1-11-9(14)12-8-5-6(13-2)3-4-7(8)10/h3-5H,1-2H3,(H2,11,12,14). The van der Waals surface area contributed by atoms with Gasteiger partial charge in [0, 0.05) is 13.1 Å². The maximum atomic E-state index is 5.95. The average Bonchev–Trinajstić information content (AvgIpc) is 2.21. The van der Waals surface area contributed by atoms with E-state index in [-0.39, 0.29) is 0 Å². The minimum absolute atomic E-state index is 0.514. The predicted octanol–water partition coefficient (Wildman–Crippen LogP) is 2.26. The maximum Gasteiger partial charge on any atom is 0.170 e. The Balaban J connectivity index is 2.89. The van der Waals surface area contributed by atoms with Crippen LogP contribution in [0.15, 0.2) is 18.2 Å². The molecule has 0 aliphatic rings. The Kier molecular flexibility index (Phi) is 3.98. The molecule has 3 nitrogen and oxygen atoms in total. The lowest BCUT2D eigenvalue weighted by Gasteiger charge is -2.10. The number of rotatable bonds is 2. The Morgan fingerprint density at radius 3 is 2.79 bits per heavy atom. The largest absolute Gasteiger partial charge is 0.497 e. The van der Waals surface area contributed by atoms with Crippen molar-refractivity contribution in [1.29, 1.82) is 0 Å². The Morgan fingerprint density at radius 2 is 2.21 bits per heavy atom. The average molecular weight is 231 g/mol. The van der Waals surface area contributed by atoms with Gasteiger partial charge in [-0.25, -0.2) is 0 Å². The van der Waals surface area contributed by atoms with Crippen LogP contribution in [0.5, 0.6) is 5.75 Å². The summed E-state index contributed by atoms with van der Waals surface area (Å²) < 4.78 is 5.06. The lowest BCUT2D eigenvalue weighted by molar-refractivity contribution is 0.415. The molecule has 0 spiro atoms. The highest BCUT2D eigenvalue weighted by molar-refractivity contribution is 7.80. The minimum atomic E-state index is 0.514. The van der Waals surface area contributed by atoms with Gasteiger partial charge in [-0.1, -0.05) is 11.6 Å². The third-order valence-corrected chi connectivity index (χ3v) is 2.28. The van der Waals surface area contributed by atoms with E-state index < -0.39 is 0 Å². The van der Waals surface area contributed by atoms with E-state index in [2.05, 4.69) is 10.6 Å². The second-order valence-electron chi connectivity index (χ2n) is 2.55. The topological polar surface area (TPSA) is 33.3 Å². The Morgan fingerprint density at radius 1 is 1.50 bits per heavy atom. The molecule has 1 rings (SSSR count). The number of nitrogens with one attached hydrogen (secondary N) is 2. The molecule has 0 unspecified atom stereocenters. The molecule has 0 aromatic heterocycles. The van der Waals surface area contributed by atoms with E-state index in [0.717, 1.165) is 11.4 Å². The molecular weight excluding hydrogens is 220 g/mol. The highest BCUT2D eigenvalue weighted by atomic mass is 35.5. The molecule has 1 aromatic carbocycles. The number of anilines is 1. The van der Waals surface area contributed by atoms with E-state index in [9.17, 15) is 0 Å². The molecule has 1 aromatic rings. The van der Waals surface area contributed by atoms with Gasteiger partial charge in [0.15, 0.2) is 5.11 Å². The van der Waals surface area contributed by atoms with Crippen molar-refractivity contribution in [1.82, 2.24) is 5.32 Å². The summed E-state index contributed by atoms with van der Waals surface area (Å²) in [6.07, 6.45) is 0. The van der Waals surface area contributed by atoms with Crippen molar-refractivity contribution in [2.45, 2.75) is 0 Å². The second kappa shape index (κ2) is 5.02. The molecule has 2 N–H and O–H groups in total. The predicted molar refractivity (Wildman–Crippen MR) is 63.3 cm³/mol.